The second-order valence-corrected chi connectivity index (χ2v) is 1.36. The highest BCUT2D eigenvalue weighted by molar-refractivity contribution is 4.81. The molecule has 1 heterocycles. The van der Waals surface area contributed by atoms with Crippen LogP contribution in [0, 0.1) is 6.08 Å². The summed E-state index contributed by atoms with van der Waals surface area (Å²) in [6.45, 7) is 2.12. The molecule has 0 aromatic heterocycles. The molecule has 1 nitrogen and oxygen atoms in total. The normalized spacial score (nSPS) is 21.3. The molecule has 0 aromatic carbocycles. The van der Waals surface area contributed by atoms with E-state index in [2.05, 4.69) is 11.4 Å². The zero-order chi connectivity index (χ0) is 4.24. The van der Waals surface area contributed by atoms with Crippen molar-refractivity contribution >= 4 is 0 Å². The highest BCUT2D eigenvalue weighted by Gasteiger charge is 1.85. The van der Waals surface area contributed by atoms with E-state index in [9.17, 15) is 0 Å². The summed E-state index contributed by atoms with van der Waals surface area (Å²) in [7, 11) is 0. The molecule has 1 aliphatic heterocycles. The molecule has 0 bridgehead atoms. The van der Waals surface area contributed by atoms with Gasteiger partial charge in [-0.25, -0.2) is 0 Å². The van der Waals surface area contributed by atoms with Gasteiger partial charge in [0.2, 0.25) is 0 Å². The first kappa shape index (κ1) is 3.88. The molecular weight excluding hydrogens is 74.1 g/mol. The van der Waals surface area contributed by atoms with Gasteiger partial charge >= 0.3 is 0 Å². The Labute approximate surface area is 38.1 Å². The molecule has 1 aliphatic rings. The van der Waals surface area contributed by atoms with Crippen molar-refractivity contribution in [3.05, 3.63) is 12.2 Å². The highest BCUT2D eigenvalue weighted by atomic mass is 14.8. The molecule has 0 atom stereocenters. The number of hydrogen-bond acceptors (Lipinski definition) is 1. The molecule has 0 saturated carbocycles. The molecule has 1 rings (SSSR count). The quantitative estimate of drug-likeness (QED) is 0.444. The fourth-order valence-corrected chi connectivity index (χ4v) is 0.509. The summed E-state index contributed by atoms with van der Waals surface area (Å²) in [6.07, 6.45) is 6.21. The first-order valence-electron chi connectivity index (χ1n) is 2.26. The average molecular weight is 82.1 g/mol. The van der Waals surface area contributed by atoms with Gasteiger partial charge in [0.25, 0.3) is 0 Å². The standard InChI is InChI=1S/C5H8N/c1-2-4-6-5-3-1/h2,6H,3-5H2. The van der Waals surface area contributed by atoms with Gasteiger partial charge in [0.1, 0.15) is 0 Å². The lowest BCUT2D eigenvalue weighted by molar-refractivity contribution is 0.718. The Kier molecular flexibility index (Phi) is 1.28. The van der Waals surface area contributed by atoms with E-state index in [1.54, 1.807) is 0 Å². The van der Waals surface area contributed by atoms with Crippen LogP contribution in [0.5, 0.6) is 0 Å². The molecule has 1 radical (unpaired) electrons. The molecule has 0 amide bonds. The zero-order valence-corrected chi connectivity index (χ0v) is 3.70. The zero-order valence-electron chi connectivity index (χ0n) is 3.70. The molecule has 6 heavy (non-hydrogen) atoms. The van der Waals surface area contributed by atoms with E-state index in [-0.39, 0.29) is 0 Å². The van der Waals surface area contributed by atoms with E-state index in [1.165, 1.54) is 0 Å². The summed E-state index contributed by atoms with van der Waals surface area (Å²) < 4.78 is 0. The summed E-state index contributed by atoms with van der Waals surface area (Å²) in [5, 5.41) is 3.17. The predicted molar refractivity (Wildman–Crippen MR) is 25.3 cm³/mol. The summed E-state index contributed by atoms with van der Waals surface area (Å²) in [5.41, 5.74) is 0. The van der Waals surface area contributed by atoms with Gasteiger partial charge in [-0.05, 0) is 19.0 Å². The van der Waals surface area contributed by atoms with E-state index in [4.69, 9.17) is 0 Å². The third-order valence-corrected chi connectivity index (χ3v) is 0.837. The predicted octanol–water partition coefficient (Wildman–Crippen LogP) is 0.339. The third-order valence-electron chi connectivity index (χ3n) is 0.837. The maximum Gasteiger partial charge on any atom is 0.0140 e. The van der Waals surface area contributed by atoms with Crippen molar-refractivity contribution in [3.8, 4) is 0 Å². The Bertz CT molecular complexity index is 49.0. The van der Waals surface area contributed by atoms with Crippen LogP contribution in [0.3, 0.4) is 0 Å². The molecular formula is C5H8N. The van der Waals surface area contributed by atoms with Crippen LogP contribution >= 0.6 is 0 Å². The van der Waals surface area contributed by atoms with Gasteiger partial charge in [0.15, 0.2) is 0 Å². The smallest absolute Gasteiger partial charge is 0.0140 e. The second kappa shape index (κ2) is 1.98. The topological polar surface area (TPSA) is 12.0 Å². The molecule has 0 aliphatic carbocycles. The monoisotopic (exact) mass is 82.1 g/mol. The van der Waals surface area contributed by atoms with Crippen LogP contribution in [0.4, 0.5) is 0 Å². The van der Waals surface area contributed by atoms with Crippen LogP contribution in [0.15, 0.2) is 6.08 Å². The van der Waals surface area contributed by atoms with Crippen LogP contribution < -0.4 is 5.32 Å². The molecule has 0 unspecified atom stereocenters. The van der Waals surface area contributed by atoms with Crippen LogP contribution in [0.1, 0.15) is 6.42 Å². The minimum Gasteiger partial charge on any atom is -0.313 e. The molecule has 1 heteroatoms. The summed E-state index contributed by atoms with van der Waals surface area (Å²) >= 11 is 0. The highest BCUT2D eigenvalue weighted by Crippen LogP contribution is 1.82. The molecule has 0 saturated heterocycles. The Morgan fingerprint density at radius 3 is 2.83 bits per heavy atom. The molecule has 0 fully saturated rings. The molecule has 33 valence electrons. The van der Waals surface area contributed by atoms with Gasteiger partial charge in [-0.1, -0.05) is 6.08 Å². The molecule has 0 spiro atoms. The van der Waals surface area contributed by atoms with Crippen molar-refractivity contribution in [3.63, 3.8) is 0 Å². The fraction of sp³-hybridized carbons (Fsp3) is 0.600. The minimum atomic E-state index is 1.01. The SMILES string of the molecule is [C]1=CCNCC1. The van der Waals surface area contributed by atoms with Gasteiger partial charge in [-0.2, -0.15) is 0 Å². The summed E-state index contributed by atoms with van der Waals surface area (Å²) in [4.78, 5) is 0. The number of hydrogen-bond donors (Lipinski definition) is 1. The van der Waals surface area contributed by atoms with E-state index < -0.39 is 0 Å². The average Bonchev–Trinajstić information content (AvgIpc) is 1.72. The lowest BCUT2D eigenvalue weighted by atomic mass is 10.3. The van der Waals surface area contributed by atoms with Gasteiger partial charge in [0, 0.05) is 6.54 Å². The van der Waals surface area contributed by atoms with E-state index in [0.717, 1.165) is 19.5 Å². The summed E-state index contributed by atoms with van der Waals surface area (Å²) in [6, 6.07) is 0. The van der Waals surface area contributed by atoms with Crippen LogP contribution in [0.25, 0.3) is 0 Å². The van der Waals surface area contributed by atoms with Gasteiger partial charge in [-0.3, -0.25) is 0 Å². The van der Waals surface area contributed by atoms with Crippen molar-refractivity contribution in [2.75, 3.05) is 13.1 Å². The van der Waals surface area contributed by atoms with Crippen molar-refractivity contribution in [1.82, 2.24) is 5.32 Å². The second-order valence-electron chi connectivity index (χ2n) is 1.36. The Morgan fingerprint density at radius 2 is 2.67 bits per heavy atom. The first-order chi connectivity index (χ1) is 3.00. The maximum atomic E-state index is 3.17. The Balaban J connectivity index is 2.26. The summed E-state index contributed by atoms with van der Waals surface area (Å²) in [5.74, 6) is 0. The lowest BCUT2D eigenvalue weighted by Gasteiger charge is -2.00. The molecule has 1 N–H and O–H groups in total. The van der Waals surface area contributed by atoms with Crippen molar-refractivity contribution in [2.45, 2.75) is 6.42 Å². The Morgan fingerprint density at radius 1 is 1.67 bits per heavy atom. The van der Waals surface area contributed by atoms with E-state index in [1.807, 2.05) is 6.08 Å². The van der Waals surface area contributed by atoms with Crippen LogP contribution in [-0.4, -0.2) is 13.1 Å². The van der Waals surface area contributed by atoms with Gasteiger partial charge in [-0.15, -0.1) is 0 Å². The maximum absolute atomic E-state index is 3.17. The molecule has 0 aromatic rings. The van der Waals surface area contributed by atoms with Crippen molar-refractivity contribution < 1.29 is 0 Å². The van der Waals surface area contributed by atoms with Crippen molar-refractivity contribution in [2.24, 2.45) is 0 Å². The van der Waals surface area contributed by atoms with E-state index >= 15 is 0 Å². The fourth-order valence-electron chi connectivity index (χ4n) is 0.509. The number of rotatable bonds is 0. The largest absolute Gasteiger partial charge is 0.313 e. The van der Waals surface area contributed by atoms with Crippen molar-refractivity contribution in [1.29, 1.82) is 0 Å². The lowest BCUT2D eigenvalue weighted by Crippen LogP contribution is -2.17. The van der Waals surface area contributed by atoms with Crippen LogP contribution in [-0.2, 0) is 0 Å². The Hall–Kier alpha value is -0.300. The van der Waals surface area contributed by atoms with Gasteiger partial charge < -0.3 is 5.32 Å². The first-order valence-corrected chi connectivity index (χ1v) is 2.26. The minimum absolute atomic E-state index is 1.01. The third kappa shape index (κ3) is 0.830. The number of nitrogens with one attached hydrogen (secondary N) is 1. The van der Waals surface area contributed by atoms with E-state index in [0.29, 0.717) is 0 Å². The van der Waals surface area contributed by atoms with Crippen LogP contribution in [0.2, 0.25) is 0 Å². The van der Waals surface area contributed by atoms with Gasteiger partial charge in [0.05, 0.1) is 0 Å².